The van der Waals surface area contributed by atoms with E-state index in [4.69, 9.17) is 4.74 Å². The van der Waals surface area contributed by atoms with Crippen molar-refractivity contribution in [3.05, 3.63) is 16.3 Å². The fourth-order valence-corrected chi connectivity index (χ4v) is 3.20. The average molecular weight is 307 g/mol. The van der Waals surface area contributed by atoms with Crippen LogP contribution in [0.4, 0.5) is 5.82 Å². The molecule has 6 heteroatoms. The van der Waals surface area contributed by atoms with Crippen LogP contribution in [0, 0.1) is 13.8 Å². The Morgan fingerprint density at radius 1 is 1.33 bits per heavy atom. The third-order valence-corrected chi connectivity index (χ3v) is 4.52. The number of esters is 1. The molecule has 2 aromatic heterocycles. The largest absolute Gasteiger partial charge is 0.462 e. The van der Waals surface area contributed by atoms with Crippen molar-refractivity contribution in [3.8, 4) is 0 Å². The number of carbonyl (C=O) groups is 1. The van der Waals surface area contributed by atoms with Crippen LogP contribution in [0.2, 0.25) is 0 Å². The van der Waals surface area contributed by atoms with Gasteiger partial charge in [0.1, 0.15) is 21.3 Å². The third kappa shape index (κ3) is 3.15. The summed E-state index contributed by atoms with van der Waals surface area (Å²) < 4.78 is 5.11. The van der Waals surface area contributed by atoms with E-state index in [0.29, 0.717) is 23.4 Å². The number of nitrogens with one attached hydrogen (secondary N) is 1. The van der Waals surface area contributed by atoms with E-state index < -0.39 is 0 Å². The number of carbonyl (C=O) groups excluding carboxylic acids is 1. The van der Waals surface area contributed by atoms with Gasteiger partial charge in [-0.3, -0.25) is 0 Å². The number of rotatable bonds is 5. The second kappa shape index (κ2) is 6.39. The summed E-state index contributed by atoms with van der Waals surface area (Å²) in [7, 11) is 0. The lowest BCUT2D eigenvalue weighted by Gasteiger charge is -2.13. The Labute approximate surface area is 128 Å². The van der Waals surface area contributed by atoms with Crippen molar-refractivity contribution in [1.29, 1.82) is 0 Å². The van der Waals surface area contributed by atoms with E-state index in [9.17, 15) is 4.79 Å². The van der Waals surface area contributed by atoms with Crippen molar-refractivity contribution >= 4 is 33.3 Å². The molecule has 1 unspecified atom stereocenters. The van der Waals surface area contributed by atoms with E-state index >= 15 is 0 Å². The van der Waals surface area contributed by atoms with Crippen molar-refractivity contribution in [2.24, 2.45) is 0 Å². The van der Waals surface area contributed by atoms with Gasteiger partial charge in [0.25, 0.3) is 0 Å². The maximum atomic E-state index is 12.0. The van der Waals surface area contributed by atoms with E-state index in [2.05, 4.69) is 29.1 Å². The second-order valence-electron chi connectivity index (χ2n) is 5.03. The Morgan fingerprint density at radius 2 is 2.05 bits per heavy atom. The first-order valence-corrected chi connectivity index (χ1v) is 8.00. The molecule has 0 aromatic carbocycles. The van der Waals surface area contributed by atoms with Gasteiger partial charge in [0.15, 0.2) is 0 Å². The van der Waals surface area contributed by atoms with Crippen molar-refractivity contribution in [1.82, 2.24) is 9.97 Å². The summed E-state index contributed by atoms with van der Waals surface area (Å²) in [5.41, 5.74) is 0.888. The molecule has 0 amide bonds. The van der Waals surface area contributed by atoms with Crippen molar-refractivity contribution in [3.63, 3.8) is 0 Å². The van der Waals surface area contributed by atoms with Crippen LogP contribution in [-0.2, 0) is 4.74 Å². The van der Waals surface area contributed by atoms with Crippen molar-refractivity contribution in [2.45, 2.75) is 47.1 Å². The Bertz CT molecular complexity index is 666. The van der Waals surface area contributed by atoms with Gasteiger partial charge in [0.05, 0.1) is 12.0 Å². The predicted molar refractivity (Wildman–Crippen MR) is 86.2 cm³/mol. The minimum atomic E-state index is -0.287. The summed E-state index contributed by atoms with van der Waals surface area (Å²) in [6.45, 7) is 10.2. The highest BCUT2D eigenvalue weighted by Gasteiger charge is 2.21. The van der Waals surface area contributed by atoms with Crippen LogP contribution in [0.5, 0.6) is 0 Å². The van der Waals surface area contributed by atoms with Gasteiger partial charge in [-0.2, -0.15) is 0 Å². The van der Waals surface area contributed by atoms with E-state index in [0.717, 1.165) is 28.0 Å². The zero-order valence-corrected chi connectivity index (χ0v) is 13.9. The molecule has 0 aliphatic carbocycles. The third-order valence-electron chi connectivity index (χ3n) is 3.36. The molecule has 0 saturated carbocycles. The number of anilines is 1. The molecule has 1 N–H and O–H groups in total. The molecule has 2 rings (SSSR count). The molecular formula is C15H21N3O2S. The van der Waals surface area contributed by atoms with E-state index in [1.54, 1.807) is 6.92 Å². The van der Waals surface area contributed by atoms with Crippen LogP contribution in [0.25, 0.3) is 10.2 Å². The van der Waals surface area contributed by atoms with Gasteiger partial charge in [0.2, 0.25) is 0 Å². The summed E-state index contributed by atoms with van der Waals surface area (Å²) >= 11 is 1.37. The van der Waals surface area contributed by atoms with Gasteiger partial charge in [-0.15, -0.1) is 11.3 Å². The molecular weight excluding hydrogens is 286 g/mol. The Hall–Kier alpha value is -1.69. The van der Waals surface area contributed by atoms with Crippen LogP contribution in [-0.4, -0.2) is 28.6 Å². The molecule has 2 aromatic rings. The molecule has 0 spiro atoms. The van der Waals surface area contributed by atoms with Gasteiger partial charge < -0.3 is 10.1 Å². The first-order valence-electron chi connectivity index (χ1n) is 7.19. The lowest BCUT2D eigenvalue weighted by atomic mass is 10.2. The standard InChI is InChI=1S/C15H21N3O2S/c1-6-8(3)16-13-11-9(4)12(15(19)20-7-2)21-14(11)18-10(5)17-13/h8H,6-7H2,1-5H3,(H,16,17,18). The lowest BCUT2D eigenvalue weighted by molar-refractivity contribution is 0.0531. The molecule has 1 atom stereocenters. The minimum absolute atomic E-state index is 0.287. The molecule has 114 valence electrons. The summed E-state index contributed by atoms with van der Waals surface area (Å²) in [4.78, 5) is 22.4. The topological polar surface area (TPSA) is 64.1 Å². The van der Waals surface area contributed by atoms with Gasteiger partial charge in [-0.1, -0.05) is 6.92 Å². The number of aromatic nitrogens is 2. The van der Waals surface area contributed by atoms with E-state index in [1.807, 2.05) is 13.8 Å². The molecule has 0 saturated heterocycles. The highest BCUT2D eigenvalue weighted by Crippen LogP contribution is 2.34. The first-order chi connectivity index (χ1) is 9.97. The smallest absolute Gasteiger partial charge is 0.348 e. The number of fused-ring (bicyclic) bond motifs is 1. The maximum absolute atomic E-state index is 12.0. The fraction of sp³-hybridized carbons (Fsp3) is 0.533. The quantitative estimate of drug-likeness (QED) is 0.853. The molecule has 21 heavy (non-hydrogen) atoms. The van der Waals surface area contributed by atoms with Crippen LogP contribution in [0.1, 0.15) is 48.3 Å². The SMILES string of the molecule is CCOC(=O)c1sc2nc(C)nc(NC(C)CC)c2c1C. The molecule has 0 aliphatic rings. The van der Waals surface area contributed by atoms with Crippen molar-refractivity contribution in [2.75, 3.05) is 11.9 Å². The summed E-state index contributed by atoms with van der Waals surface area (Å²) in [6.07, 6.45) is 0.998. The number of hydrogen-bond donors (Lipinski definition) is 1. The van der Waals surface area contributed by atoms with Gasteiger partial charge in [-0.05, 0) is 39.7 Å². The summed E-state index contributed by atoms with van der Waals surface area (Å²) in [5, 5.41) is 4.33. The molecule has 0 fully saturated rings. The normalized spacial score (nSPS) is 12.4. The fourth-order valence-electron chi connectivity index (χ4n) is 2.08. The highest BCUT2D eigenvalue weighted by atomic mass is 32.1. The monoisotopic (exact) mass is 307 g/mol. The summed E-state index contributed by atoms with van der Waals surface area (Å²) in [6, 6.07) is 0.313. The van der Waals surface area contributed by atoms with Crippen LogP contribution >= 0.6 is 11.3 Å². The zero-order chi connectivity index (χ0) is 15.6. The van der Waals surface area contributed by atoms with Crippen LogP contribution in [0.15, 0.2) is 0 Å². The number of hydrogen-bond acceptors (Lipinski definition) is 6. The number of aryl methyl sites for hydroxylation is 2. The van der Waals surface area contributed by atoms with Crippen LogP contribution < -0.4 is 5.32 Å². The minimum Gasteiger partial charge on any atom is -0.462 e. The van der Waals surface area contributed by atoms with Gasteiger partial charge in [0, 0.05) is 6.04 Å². The predicted octanol–water partition coefficient (Wildman–Crippen LogP) is 3.70. The van der Waals surface area contributed by atoms with Crippen molar-refractivity contribution < 1.29 is 9.53 Å². The first kappa shape index (κ1) is 15.7. The number of ether oxygens (including phenoxy) is 1. The lowest BCUT2D eigenvalue weighted by Crippen LogP contribution is -2.15. The molecule has 2 heterocycles. The van der Waals surface area contributed by atoms with Gasteiger partial charge >= 0.3 is 5.97 Å². The molecule has 0 radical (unpaired) electrons. The zero-order valence-electron chi connectivity index (χ0n) is 13.1. The second-order valence-corrected chi connectivity index (χ2v) is 6.03. The number of nitrogens with zero attached hydrogens (tertiary/aromatic N) is 2. The highest BCUT2D eigenvalue weighted by molar-refractivity contribution is 7.20. The summed E-state index contributed by atoms with van der Waals surface area (Å²) in [5.74, 6) is 1.21. The molecule has 5 nitrogen and oxygen atoms in total. The Kier molecular flexibility index (Phi) is 4.77. The molecule has 0 aliphatic heterocycles. The average Bonchev–Trinajstić information content (AvgIpc) is 2.76. The van der Waals surface area contributed by atoms with Gasteiger partial charge in [-0.25, -0.2) is 14.8 Å². The molecule has 0 bridgehead atoms. The van der Waals surface area contributed by atoms with E-state index in [1.165, 1.54) is 11.3 Å². The Morgan fingerprint density at radius 3 is 2.67 bits per heavy atom. The van der Waals surface area contributed by atoms with Crippen LogP contribution in [0.3, 0.4) is 0 Å². The Balaban J connectivity index is 2.56. The maximum Gasteiger partial charge on any atom is 0.348 e. The van der Waals surface area contributed by atoms with E-state index in [-0.39, 0.29) is 5.97 Å². The number of thiophene rings is 1.